The number of hydrogen-bond donors (Lipinski definition) is 7. The van der Waals surface area contributed by atoms with Gasteiger partial charge in [-0.05, 0) is 48.8 Å². The number of thioether (sulfide) groups is 1. The minimum atomic E-state index is -1.05. The number of guanidine groups is 1. The van der Waals surface area contributed by atoms with E-state index in [2.05, 4.69) is 20.9 Å². The molecule has 0 unspecified atom stereocenters. The number of nitrogens with two attached hydrogens (primary N) is 4. The Morgan fingerprint density at radius 3 is 1.76 bits per heavy atom. The van der Waals surface area contributed by atoms with Crippen molar-refractivity contribution in [3.05, 3.63) is 71.8 Å². The van der Waals surface area contributed by atoms with Crippen molar-refractivity contribution in [1.29, 1.82) is 0 Å². The monoisotopic (exact) mass is 598 g/mol. The van der Waals surface area contributed by atoms with Crippen LogP contribution in [0.3, 0.4) is 0 Å². The molecule has 0 saturated carbocycles. The number of amides is 4. The van der Waals surface area contributed by atoms with E-state index in [1.54, 1.807) is 0 Å². The van der Waals surface area contributed by atoms with Crippen molar-refractivity contribution in [2.24, 2.45) is 27.9 Å². The van der Waals surface area contributed by atoms with Gasteiger partial charge in [-0.25, -0.2) is 0 Å². The summed E-state index contributed by atoms with van der Waals surface area (Å²) in [6.07, 6.45) is 3.21. The molecule has 228 valence electrons. The van der Waals surface area contributed by atoms with Crippen molar-refractivity contribution in [3.63, 3.8) is 0 Å². The van der Waals surface area contributed by atoms with Crippen LogP contribution >= 0.6 is 11.8 Å². The van der Waals surface area contributed by atoms with Gasteiger partial charge in [0.1, 0.15) is 18.1 Å². The van der Waals surface area contributed by atoms with E-state index in [0.717, 1.165) is 11.1 Å². The molecule has 13 heteroatoms. The Morgan fingerprint density at radius 1 is 0.738 bits per heavy atom. The predicted octanol–water partition coefficient (Wildman–Crippen LogP) is -0.454. The van der Waals surface area contributed by atoms with Gasteiger partial charge >= 0.3 is 0 Å². The number of carbonyl (C=O) groups is 4. The molecule has 12 nitrogen and oxygen atoms in total. The van der Waals surface area contributed by atoms with Crippen LogP contribution in [0.5, 0.6) is 0 Å². The van der Waals surface area contributed by atoms with Gasteiger partial charge in [0.25, 0.3) is 0 Å². The fourth-order valence-corrected chi connectivity index (χ4v) is 4.60. The minimum absolute atomic E-state index is 0.0941. The maximum atomic E-state index is 13.4. The van der Waals surface area contributed by atoms with Crippen LogP contribution in [0.15, 0.2) is 65.7 Å². The largest absolute Gasteiger partial charge is 0.370 e. The molecule has 0 saturated heterocycles. The average molecular weight is 599 g/mol. The lowest BCUT2D eigenvalue weighted by atomic mass is 10.0. The van der Waals surface area contributed by atoms with E-state index in [-0.39, 0.29) is 25.3 Å². The number of benzene rings is 2. The van der Waals surface area contributed by atoms with Crippen LogP contribution in [0.4, 0.5) is 0 Å². The fraction of sp³-hybridized carbons (Fsp3) is 0.414. The molecule has 11 N–H and O–H groups in total. The van der Waals surface area contributed by atoms with E-state index in [0.29, 0.717) is 25.0 Å². The molecule has 0 spiro atoms. The Hall–Kier alpha value is -4.10. The smallest absolute Gasteiger partial charge is 0.243 e. The van der Waals surface area contributed by atoms with Crippen LogP contribution in [-0.4, -0.2) is 72.3 Å². The van der Waals surface area contributed by atoms with Crippen molar-refractivity contribution in [2.75, 3.05) is 18.6 Å². The van der Waals surface area contributed by atoms with Crippen LogP contribution in [0.2, 0.25) is 0 Å². The summed E-state index contributed by atoms with van der Waals surface area (Å²) in [5.74, 6) is -1.85. The number of primary amides is 1. The molecule has 0 aliphatic heterocycles. The zero-order chi connectivity index (χ0) is 30.9. The lowest BCUT2D eigenvalue weighted by Gasteiger charge is -2.25. The van der Waals surface area contributed by atoms with Crippen molar-refractivity contribution in [2.45, 2.75) is 56.3 Å². The van der Waals surface area contributed by atoms with E-state index in [1.807, 2.05) is 66.9 Å². The average Bonchev–Trinajstić information content (AvgIpc) is 2.96. The zero-order valence-electron chi connectivity index (χ0n) is 23.8. The highest BCUT2D eigenvalue weighted by atomic mass is 32.2. The normalized spacial score (nSPS) is 13.6. The van der Waals surface area contributed by atoms with Gasteiger partial charge < -0.3 is 38.9 Å². The molecule has 2 aromatic carbocycles. The maximum absolute atomic E-state index is 13.4. The molecule has 0 aliphatic carbocycles. The van der Waals surface area contributed by atoms with Gasteiger partial charge in [0, 0.05) is 13.0 Å². The Bertz CT molecular complexity index is 1180. The molecule has 0 radical (unpaired) electrons. The summed E-state index contributed by atoms with van der Waals surface area (Å²) in [4.78, 5) is 55.8. The van der Waals surface area contributed by atoms with Crippen LogP contribution in [-0.2, 0) is 32.0 Å². The second-order valence-electron chi connectivity index (χ2n) is 9.80. The SMILES string of the molecule is CSCC[C@@H](NC(=O)[C@@H](N)Cc1ccccc1)C(=O)N[C@@H](CCCN=C(N)N)C(=O)N[C@@H](Cc1ccccc1)C(N)=O. The molecule has 0 heterocycles. The highest BCUT2D eigenvalue weighted by Crippen LogP contribution is 2.08. The number of nitrogens with one attached hydrogen (secondary N) is 3. The third kappa shape index (κ3) is 12.6. The van der Waals surface area contributed by atoms with Gasteiger partial charge in [-0.2, -0.15) is 11.8 Å². The predicted molar refractivity (Wildman–Crippen MR) is 166 cm³/mol. The minimum Gasteiger partial charge on any atom is -0.370 e. The first kappa shape index (κ1) is 34.1. The molecular formula is C29H42N8O4S. The molecule has 4 atom stereocenters. The molecule has 2 rings (SSSR count). The van der Waals surface area contributed by atoms with Crippen LogP contribution in [0.25, 0.3) is 0 Å². The van der Waals surface area contributed by atoms with Crippen LogP contribution < -0.4 is 38.9 Å². The number of carbonyl (C=O) groups excluding carboxylic acids is 4. The summed E-state index contributed by atoms with van der Waals surface area (Å²) in [5, 5.41) is 8.14. The van der Waals surface area contributed by atoms with Crippen molar-refractivity contribution in [1.82, 2.24) is 16.0 Å². The summed E-state index contributed by atoms with van der Waals surface area (Å²) in [7, 11) is 0. The van der Waals surface area contributed by atoms with Gasteiger partial charge in [-0.1, -0.05) is 60.7 Å². The third-order valence-electron chi connectivity index (χ3n) is 6.40. The molecule has 0 fully saturated rings. The Labute approximate surface area is 250 Å². The first-order valence-corrected chi connectivity index (χ1v) is 15.1. The molecule has 2 aromatic rings. The van der Waals surface area contributed by atoms with Crippen LogP contribution in [0.1, 0.15) is 30.4 Å². The van der Waals surface area contributed by atoms with Gasteiger partial charge in [0.15, 0.2) is 5.96 Å². The molecule has 0 bridgehead atoms. The van der Waals surface area contributed by atoms with E-state index in [1.165, 1.54) is 11.8 Å². The topological polar surface area (TPSA) is 221 Å². The lowest BCUT2D eigenvalue weighted by molar-refractivity contribution is -0.133. The summed E-state index contributed by atoms with van der Waals surface area (Å²) in [6, 6.07) is 14.6. The van der Waals surface area contributed by atoms with E-state index in [4.69, 9.17) is 22.9 Å². The molecule has 0 aliphatic rings. The van der Waals surface area contributed by atoms with Crippen molar-refractivity contribution < 1.29 is 19.2 Å². The quantitative estimate of drug-likeness (QED) is 0.0674. The van der Waals surface area contributed by atoms with E-state index in [9.17, 15) is 19.2 Å². The summed E-state index contributed by atoms with van der Waals surface area (Å²) in [5.41, 5.74) is 24.2. The van der Waals surface area contributed by atoms with E-state index >= 15 is 0 Å². The highest BCUT2D eigenvalue weighted by Gasteiger charge is 2.30. The Balaban J connectivity index is 2.15. The third-order valence-corrected chi connectivity index (χ3v) is 7.04. The zero-order valence-corrected chi connectivity index (χ0v) is 24.6. The number of nitrogens with zero attached hydrogens (tertiary/aromatic N) is 1. The molecule has 42 heavy (non-hydrogen) atoms. The fourth-order valence-electron chi connectivity index (χ4n) is 4.13. The van der Waals surface area contributed by atoms with Crippen molar-refractivity contribution >= 4 is 41.4 Å². The number of hydrogen-bond acceptors (Lipinski definition) is 7. The maximum Gasteiger partial charge on any atom is 0.243 e. The van der Waals surface area contributed by atoms with Crippen LogP contribution in [0, 0.1) is 0 Å². The second-order valence-corrected chi connectivity index (χ2v) is 10.8. The molecule has 0 aromatic heterocycles. The number of aliphatic imine (C=N–C) groups is 1. The molecule has 4 amide bonds. The van der Waals surface area contributed by atoms with Gasteiger partial charge in [0.05, 0.1) is 6.04 Å². The van der Waals surface area contributed by atoms with Gasteiger partial charge in [0.2, 0.25) is 23.6 Å². The van der Waals surface area contributed by atoms with E-state index < -0.39 is 47.8 Å². The lowest BCUT2D eigenvalue weighted by Crippen LogP contribution is -2.58. The van der Waals surface area contributed by atoms with Gasteiger partial charge in [-0.15, -0.1) is 0 Å². The summed E-state index contributed by atoms with van der Waals surface area (Å²) < 4.78 is 0. The van der Waals surface area contributed by atoms with Crippen molar-refractivity contribution in [3.8, 4) is 0 Å². The summed E-state index contributed by atoms with van der Waals surface area (Å²) in [6.45, 7) is 0.228. The molecular weight excluding hydrogens is 556 g/mol. The highest BCUT2D eigenvalue weighted by molar-refractivity contribution is 7.98. The Kier molecular flexibility index (Phi) is 14.9. The van der Waals surface area contributed by atoms with Gasteiger partial charge in [-0.3, -0.25) is 24.2 Å². The standard InChI is InChI=1S/C29H42N8O4S/c1-42-16-14-23(35-26(39)21(30)17-19-9-4-2-5-10-19)28(41)36-22(13-8-15-34-29(32)33)27(40)37-24(25(31)38)18-20-11-6-3-7-12-20/h2-7,9-12,21-24H,8,13-18,30H2,1H3,(H2,31,38)(H,35,39)(H,36,41)(H,37,40)(H4,32,33,34)/t21-,22-,23+,24-/m0/s1. The number of rotatable bonds is 18. The summed E-state index contributed by atoms with van der Waals surface area (Å²) >= 11 is 1.51. The Morgan fingerprint density at radius 2 is 1.24 bits per heavy atom. The first-order chi connectivity index (χ1) is 20.1. The second kappa shape index (κ2) is 18.4. The first-order valence-electron chi connectivity index (χ1n) is 13.7.